The first-order valence-electron chi connectivity index (χ1n) is 5.79. The third kappa shape index (κ3) is 2.16. The van der Waals surface area contributed by atoms with Gasteiger partial charge >= 0.3 is 0 Å². The normalized spacial score (nSPS) is 36.1. The van der Waals surface area contributed by atoms with Crippen molar-refractivity contribution in [2.45, 2.75) is 30.9 Å². The molecule has 86 valence electrons. The van der Waals surface area contributed by atoms with E-state index in [1.165, 1.54) is 6.42 Å². The van der Waals surface area contributed by atoms with E-state index in [-0.39, 0.29) is 4.75 Å². The SMILES string of the molecule is CC1(C(=O)N2CCC(CN)C2)CCCS1. The fraction of sp³-hybridized carbons (Fsp3) is 0.909. The maximum atomic E-state index is 12.3. The summed E-state index contributed by atoms with van der Waals surface area (Å²) in [5, 5.41) is 0. The minimum atomic E-state index is -0.135. The van der Waals surface area contributed by atoms with E-state index in [1.54, 1.807) is 0 Å². The predicted molar refractivity (Wildman–Crippen MR) is 63.8 cm³/mol. The summed E-state index contributed by atoms with van der Waals surface area (Å²) < 4.78 is -0.135. The van der Waals surface area contributed by atoms with Gasteiger partial charge in [0.15, 0.2) is 0 Å². The number of hydrogen-bond acceptors (Lipinski definition) is 3. The van der Waals surface area contributed by atoms with Gasteiger partial charge in [-0.3, -0.25) is 4.79 Å². The van der Waals surface area contributed by atoms with Crippen molar-refractivity contribution >= 4 is 17.7 Å². The van der Waals surface area contributed by atoms with Crippen molar-refractivity contribution < 1.29 is 4.79 Å². The Balaban J connectivity index is 1.96. The van der Waals surface area contributed by atoms with Crippen LogP contribution in [-0.2, 0) is 4.79 Å². The summed E-state index contributed by atoms with van der Waals surface area (Å²) in [5.74, 6) is 2.01. The molecule has 0 spiro atoms. The summed E-state index contributed by atoms with van der Waals surface area (Å²) in [6.45, 7) is 4.61. The Kier molecular flexibility index (Phi) is 3.26. The van der Waals surface area contributed by atoms with Crippen LogP contribution >= 0.6 is 11.8 Å². The number of likely N-dealkylation sites (tertiary alicyclic amines) is 1. The maximum absolute atomic E-state index is 12.3. The second-order valence-corrected chi connectivity index (χ2v) is 6.42. The predicted octanol–water partition coefficient (Wildman–Crippen LogP) is 1.08. The molecule has 2 aliphatic rings. The van der Waals surface area contributed by atoms with Gasteiger partial charge in [0.1, 0.15) is 0 Å². The van der Waals surface area contributed by atoms with E-state index >= 15 is 0 Å². The van der Waals surface area contributed by atoms with E-state index in [2.05, 4.69) is 6.92 Å². The van der Waals surface area contributed by atoms with Crippen LogP contribution in [0.25, 0.3) is 0 Å². The Morgan fingerprint density at radius 1 is 1.67 bits per heavy atom. The van der Waals surface area contributed by atoms with Crippen molar-refractivity contribution in [1.29, 1.82) is 0 Å². The number of hydrogen-bond donors (Lipinski definition) is 1. The van der Waals surface area contributed by atoms with Crippen LogP contribution in [0.15, 0.2) is 0 Å². The molecule has 2 heterocycles. The Bertz CT molecular complexity index is 251. The largest absolute Gasteiger partial charge is 0.341 e. The zero-order valence-corrected chi connectivity index (χ0v) is 10.2. The fourth-order valence-electron chi connectivity index (χ4n) is 2.49. The quantitative estimate of drug-likeness (QED) is 0.769. The minimum Gasteiger partial charge on any atom is -0.341 e. The number of amides is 1. The van der Waals surface area contributed by atoms with Crippen molar-refractivity contribution in [3.05, 3.63) is 0 Å². The molecule has 3 nitrogen and oxygen atoms in total. The lowest BCUT2D eigenvalue weighted by atomic mass is 10.0. The van der Waals surface area contributed by atoms with Gasteiger partial charge in [-0.25, -0.2) is 0 Å². The molecule has 2 unspecified atom stereocenters. The Morgan fingerprint density at radius 3 is 3.00 bits per heavy atom. The van der Waals surface area contributed by atoms with Gasteiger partial charge in [-0.1, -0.05) is 0 Å². The van der Waals surface area contributed by atoms with Crippen LogP contribution in [0.3, 0.4) is 0 Å². The lowest BCUT2D eigenvalue weighted by Gasteiger charge is -2.28. The monoisotopic (exact) mass is 228 g/mol. The molecule has 0 aromatic heterocycles. The molecule has 1 amide bonds. The summed E-state index contributed by atoms with van der Waals surface area (Å²) in [7, 11) is 0. The first-order chi connectivity index (χ1) is 7.15. The van der Waals surface area contributed by atoms with Crippen molar-refractivity contribution in [2.75, 3.05) is 25.4 Å². The number of carbonyl (C=O) groups is 1. The van der Waals surface area contributed by atoms with Gasteiger partial charge in [-0.2, -0.15) is 0 Å². The third-order valence-corrected chi connectivity index (χ3v) is 5.09. The second kappa shape index (κ2) is 4.34. The lowest BCUT2D eigenvalue weighted by molar-refractivity contribution is -0.132. The molecule has 0 aromatic rings. The molecule has 0 bridgehead atoms. The first kappa shape index (κ1) is 11.3. The number of nitrogens with two attached hydrogens (primary N) is 1. The van der Waals surface area contributed by atoms with E-state index in [1.807, 2.05) is 16.7 Å². The standard InChI is InChI=1S/C11H20N2OS/c1-11(4-2-6-15-11)10(14)13-5-3-9(7-12)8-13/h9H,2-8,12H2,1H3. The molecule has 2 saturated heterocycles. The summed E-state index contributed by atoms with van der Waals surface area (Å²) >= 11 is 1.83. The second-order valence-electron chi connectivity index (χ2n) is 4.82. The van der Waals surface area contributed by atoms with E-state index < -0.39 is 0 Å². The topological polar surface area (TPSA) is 46.3 Å². The minimum absolute atomic E-state index is 0.135. The first-order valence-corrected chi connectivity index (χ1v) is 6.78. The van der Waals surface area contributed by atoms with E-state index in [9.17, 15) is 4.79 Å². The average Bonchev–Trinajstić information content (AvgIpc) is 2.85. The van der Waals surface area contributed by atoms with Crippen molar-refractivity contribution in [1.82, 2.24) is 4.90 Å². The van der Waals surface area contributed by atoms with Crippen molar-refractivity contribution in [2.24, 2.45) is 11.7 Å². The van der Waals surface area contributed by atoms with Gasteiger partial charge < -0.3 is 10.6 Å². The van der Waals surface area contributed by atoms with Crippen molar-refractivity contribution in [3.8, 4) is 0 Å². The molecule has 0 saturated carbocycles. The lowest BCUT2D eigenvalue weighted by Crippen LogP contribution is -2.42. The van der Waals surface area contributed by atoms with Gasteiger partial charge in [0.05, 0.1) is 4.75 Å². The molecule has 2 rings (SSSR count). The maximum Gasteiger partial charge on any atom is 0.238 e. The molecule has 0 aliphatic carbocycles. The van der Waals surface area contributed by atoms with Crippen LogP contribution in [0.2, 0.25) is 0 Å². The highest BCUT2D eigenvalue weighted by molar-refractivity contribution is 8.01. The molecular weight excluding hydrogens is 208 g/mol. The average molecular weight is 228 g/mol. The molecule has 2 fully saturated rings. The van der Waals surface area contributed by atoms with Crippen LogP contribution in [-0.4, -0.2) is 40.9 Å². The number of rotatable bonds is 2. The van der Waals surface area contributed by atoms with Crippen molar-refractivity contribution in [3.63, 3.8) is 0 Å². The number of nitrogens with zero attached hydrogens (tertiary/aromatic N) is 1. The van der Waals surface area contributed by atoms with Gasteiger partial charge in [-0.05, 0) is 44.4 Å². The fourth-order valence-corrected chi connectivity index (χ4v) is 3.77. The summed E-state index contributed by atoms with van der Waals surface area (Å²) in [6, 6.07) is 0. The summed E-state index contributed by atoms with van der Waals surface area (Å²) in [6.07, 6.45) is 3.31. The molecule has 0 aromatic carbocycles. The van der Waals surface area contributed by atoms with Crippen LogP contribution in [0, 0.1) is 5.92 Å². The van der Waals surface area contributed by atoms with Crippen LogP contribution in [0.1, 0.15) is 26.2 Å². The van der Waals surface area contributed by atoms with Gasteiger partial charge in [-0.15, -0.1) is 11.8 Å². The molecule has 0 radical (unpaired) electrons. The third-order valence-electron chi connectivity index (χ3n) is 3.58. The van der Waals surface area contributed by atoms with Crippen LogP contribution in [0.4, 0.5) is 0 Å². The highest BCUT2D eigenvalue weighted by Gasteiger charge is 2.41. The molecule has 2 N–H and O–H groups in total. The summed E-state index contributed by atoms with van der Waals surface area (Å²) in [5.41, 5.74) is 5.64. The van der Waals surface area contributed by atoms with Crippen LogP contribution < -0.4 is 5.73 Å². The Hall–Kier alpha value is -0.220. The Morgan fingerprint density at radius 2 is 2.47 bits per heavy atom. The molecule has 15 heavy (non-hydrogen) atoms. The van der Waals surface area contributed by atoms with Gasteiger partial charge in [0, 0.05) is 13.1 Å². The van der Waals surface area contributed by atoms with E-state index in [0.717, 1.165) is 31.7 Å². The Labute approximate surface area is 95.8 Å². The smallest absolute Gasteiger partial charge is 0.238 e. The highest BCUT2D eigenvalue weighted by atomic mass is 32.2. The van der Waals surface area contributed by atoms with Gasteiger partial charge in [0.25, 0.3) is 0 Å². The zero-order chi connectivity index (χ0) is 10.9. The molecule has 2 aliphatic heterocycles. The molecule has 2 atom stereocenters. The zero-order valence-electron chi connectivity index (χ0n) is 9.37. The number of thioether (sulfide) groups is 1. The van der Waals surface area contributed by atoms with Gasteiger partial charge in [0.2, 0.25) is 5.91 Å². The summed E-state index contributed by atoms with van der Waals surface area (Å²) in [4.78, 5) is 14.3. The number of carbonyl (C=O) groups excluding carboxylic acids is 1. The van der Waals surface area contributed by atoms with E-state index in [4.69, 9.17) is 5.73 Å². The van der Waals surface area contributed by atoms with Crippen LogP contribution in [0.5, 0.6) is 0 Å². The molecule has 4 heteroatoms. The highest BCUT2D eigenvalue weighted by Crippen LogP contribution is 2.39. The van der Waals surface area contributed by atoms with E-state index in [0.29, 0.717) is 18.4 Å². The molecular formula is C11H20N2OS.